The Morgan fingerprint density at radius 1 is 1.14 bits per heavy atom. The number of anilines is 1. The third-order valence-electron chi connectivity index (χ3n) is 5.79. The SMILES string of the molecule is CC(C)(C)OC(=O)N1C[C@H](F)C[C@H]1C(=O)N1CCN(c2ncnc3sc(CC(F)(F)F)cc23)CC1. The van der Waals surface area contributed by atoms with Gasteiger partial charge in [-0.3, -0.25) is 9.69 Å². The summed E-state index contributed by atoms with van der Waals surface area (Å²) in [4.78, 5) is 39.4. The molecule has 0 N–H and O–H groups in total. The molecule has 192 valence electrons. The molecule has 2 aromatic rings. The lowest BCUT2D eigenvalue weighted by atomic mass is 10.1. The Hall–Kier alpha value is -2.70. The molecule has 2 aliphatic rings. The molecule has 4 heterocycles. The number of amides is 2. The van der Waals surface area contributed by atoms with Gasteiger partial charge in [0, 0.05) is 37.5 Å². The highest BCUT2D eigenvalue weighted by molar-refractivity contribution is 7.18. The summed E-state index contributed by atoms with van der Waals surface area (Å²) in [6.45, 7) is 6.30. The predicted molar refractivity (Wildman–Crippen MR) is 122 cm³/mol. The molecular weight excluding hydrogens is 490 g/mol. The molecule has 13 heteroatoms. The molecule has 35 heavy (non-hydrogen) atoms. The smallest absolute Gasteiger partial charge is 0.411 e. The van der Waals surface area contributed by atoms with Gasteiger partial charge in [0.15, 0.2) is 0 Å². The molecular formula is C22H27F4N5O3S. The van der Waals surface area contributed by atoms with E-state index in [-0.39, 0.29) is 23.7 Å². The summed E-state index contributed by atoms with van der Waals surface area (Å²) in [5, 5.41) is 0.545. The van der Waals surface area contributed by atoms with E-state index in [2.05, 4.69) is 9.97 Å². The first-order valence-electron chi connectivity index (χ1n) is 11.3. The van der Waals surface area contributed by atoms with Crippen LogP contribution in [-0.2, 0) is 16.0 Å². The fourth-order valence-corrected chi connectivity index (χ4v) is 5.34. The van der Waals surface area contributed by atoms with E-state index in [1.54, 1.807) is 25.7 Å². The van der Waals surface area contributed by atoms with Crippen molar-refractivity contribution in [2.75, 3.05) is 37.6 Å². The molecule has 0 unspecified atom stereocenters. The van der Waals surface area contributed by atoms with E-state index < -0.39 is 36.5 Å². The average Bonchev–Trinajstić information content (AvgIpc) is 3.33. The van der Waals surface area contributed by atoms with Crippen molar-refractivity contribution in [3.63, 3.8) is 0 Å². The summed E-state index contributed by atoms with van der Waals surface area (Å²) >= 11 is 0.984. The van der Waals surface area contributed by atoms with Gasteiger partial charge in [-0.2, -0.15) is 13.2 Å². The number of halogens is 4. The second-order valence-electron chi connectivity index (χ2n) is 9.71. The zero-order valence-electron chi connectivity index (χ0n) is 19.6. The fraction of sp³-hybridized carbons (Fsp3) is 0.636. The Kier molecular flexibility index (Phi) is 6.82. The van der Waals surface area contributed by atoms with E-state index in [9.17, 15) is 27.2 Å². The van der Waals surface area contributed by atoms with Gasteiger partial charge in [-0.1, -0.05) is 0 Å². The molecule has 2 aromatic heterocycles. The number of rotatable bonds is 3. The number of carbonyl (C=O) groups is 2. The second-order valence-corrected chi connectivity index (χ2v) is 10.8. The van der Waals surface area contributed by atoms with Gasteiger partial charge < -0.3 is 14.5 Å². The highest BCUT2D eigenvalue weighted by atomic mass is 32.1. The van der Waals surface area contributed by atoms with E-state index in [0.717, 1.165) is 16.2 Å². The summed E-state index contributed by atoms with van der Waals surface area (Å²) in [6.07, 6.45) is -6.13. The maximum atomic E-state index is 14.2. The lowest BCUT2D eigenvalue weighted by Gasteiger charge is -2.38. The number of hydrogen-bond acceptors (Lipinski definition) is 7. The maximum absolute atomic E-state index is 14.2. The number of alkyl halides is 4. The minimum atomic E-state index is -4.31. The number of nitrogens with zero attached hydrogens (tertiary/aromatic N) is 5. The zero-order chi connectivity index (χ0) is 25.5. The number of aromatic nitrogens is 2. The number of thiophene rings is 1. The van der Waals surface area contributed by atoms with Gasteiger partial charge >= 0.3 is 12.3 Å². The van der Waals surface area contributed by atoms with E-state index >= 15 is 0 Å². The van der Waals surface area contributed by atoms with Crippen molar-refractivity contribution in [1.82, 2.24) is 19.8 Å². The minimum Gasteiger partial charge on any atom is -0.444 e. The molecule has 2 amide bonds. The summed E-state index contributed by atoms with van der Waals surface area (Å²) in [5.74, 6) is 0.179. The molecule has 2 atom stereocenters. The highest BCUT2D eigenvalue weighted by Crippen LogP contribution is 2.34. The van der Waals surface area contributed by atoms with Gasteiger partial charge in [0.05, 0.1) is 18.4 Å². The van der Waals surface area contributed by atoms with Crippen molar-refractivity contribution >= 4 is 39.4 Å². The Balaban J connectivity index is 1.43. The third kappa shape index (κ3) is 5.93. The van der Waals surface area contributed by atoms with Crippen LogP contribution in [-0.4, -0.2) is 88.5 Å². The molecule has 2 fully saturated rings. The van der Waals surface area contributed by atoms with Crippen LogP contribution in [0.4, 0.5) is 28.2 Å². The Morgan fingerprint density at radius 2 is 1.83 bits per heavy atom. The molecule has 0 aromatic carbocycles. The number of fused-ring (bicyclic) bond motifs is 1. The van der Waals surface area contributed by atoms with Gasteiger partial charge in [-0.15, -0.1) is 11.3 Å². The van der Waals surface area contributed by atoms with Crippen LogP contribution in [0.3, 0.4) is 0 Å². The average molecular weight is 518 g/mol. The summed E-state index contributed by atoms with van der Waals surface area (Å²) in [7, 11) is 0. The summed E-state index contributed by atoms with van der Waals surface area (Å²) in [5.41, 5.74) is -0.769. The predicted octanol–water partition coefficient (Wildman–Crippen LogP) is 3.79. The van der Waals surface area contributed by atoms with E-state index in [4.69, 9.17) is 4.74 Å². The molecule has 8 nitrogen and oxygen atoms in total. The Morgan fingerprint density at radius 3 is 2.46 bits per heavy atom. The zero-order valence-corrected chi connectivity index (χ0v) is 20.5. The largest absolute Gasteiger partial charge is 0.444 e. The number of likely N-dealkylation sites (tertiary alicyclic amines) is 1. The van der Waals surface area contributed by atoms with Crippen LogP contribution in [0.1, 0.15) is 32.1 Å². The molecule has 0 saturated carbocycles. The van der Waals surface area contributed by atoms with Crippen molar-refractivity contribution < 1.29 is 31.9 Å². The van der Waals surface area contributed by atoms with E-state index in [1.165, 1.54) is 12.4 Å². The van der Waals surface area contributed by atoms with Crippen molar-refractivity contribution in [2.24, 2.45) is 0 Å². The van der Waals surface area contributed by atoms with Crippen LogP contribution in [0.25, 0.3) is 10.2 Å². The van der Waals surface area contributed by atoms with E-state index in [0.29, 0.717) is 42.2 Å². The van der Waals surface area contributed by atoms with Crippen molar-refractivity contribution in [2.45, 2.75) is 57.6 Å². The van der Waals surface area contributed by atoms with Crippen molar-refractivity contribution in [3.05, 3.63) is 17.3 Å². The lowest BCUT2D eigenvalue weighted by Crippen LogP contribution is -2.55. The first-order valence-corrected chi connectivity index (χ1v) is 12.1. The van der Waals surface area contributed by atoms with E-state index in [1.807, 2.05) is 4.90 Å². The number of piperazine rings is 1. The molecule has 0 radical (unpaired) electrons. The fourth-order valence-electron chi connectivity index (χ4n) is 4.32. The van der Waals surface area contributed by atoms with Gasteiger partial charge in [0.2, 0.25) is 5.91 Å². The van der Waals surface area contributed by atoms with Gasteiger partial charge in [-0.05, 0) is 26.8 Å². The molecule has 4 rings (SSSR count). The molecule has 0 bridgehead atoms. The normalized spacial score (nSPS) is 21.6. The molecule has 0 spiro atoms. The van der Waals surface area contributed by atoms with Crippen LogP contribution in [0.5, 0.6) is 0 Å². The number of carbonyl (C=O) groups excluding carboxylic acids is 2. The lowest BCUT2D eigenvalue weighted by molar-refractivity contribution is -0.136. The number of hydrogen-bond donors (Lipinski definition) is 0. The monoisotopic (exact) mass is 517 g/mol. The minimum absolute atomic E-state index is 0.0816. The van der Waals surface area contributed by atoms with Crippen LogP contribution < -0.4 is 4.90 Å². The third-order valence-corrected chi connectivity index (χ3v) is 6.83. The standard InChI is InChI=1S/C22H27F4N5O3S/c1-21(2,3)34-20(33)31-11-13(23)8-16(31)19(32)30-6-4-29(5-7-30)17-15-9-14(10-22(24,25)26)35-18(15)28-12-27-17/h9,12-13,16H,4-8,10-11H2,1-3H3/t13-,16+/m1/s1. The first kappa shape index (κ1) is 25.4. The van der Waals surface area contributed by atoms with Crippen LogP contribution >= 0.6 is 11.3 Å². The summed E-state index contributed by atoms with van der Waals surface area (Å²) in [6, 6.07) is 0.540. The van der Waals surface area contributed by atoms with Gasteiger partial charge in [0.25, 0.3) is 0 Å². The van der Waals surface area contributed by atoms with Crippen LogP contribution in [0.15, 0.2) is 12.4 Å². The van der Waals surface area contributed by atoms with Crippen molar-refractivity contribution in [1.29, 1.82) is 0 Å². The highest BCUT2D eigenvalue weighted by Gasteiger charge is 2.43. The molecule has 0 aliphatic carbocycles. The van der Waals surface area contributed by atoms with Crippen LogP contribution in [0, 0.1) is 0 Å². The number of ether oxygens (including phenoxy) is 1. The first-order chi connectivity index (χ1) is 16.3. The Labute approximate surface area is 203 Å². The van der Waals surface area contributed by atoms with Gasteiger partial charge in [0.1, 0.15) is 34.8 Å². The van der Waals surface area contributed by atoms with Gasteiger partial charge in [-0.25, -0.2) is 19.2 Å². The summed E-state index contributed by atoms with van der Waals surface area (Å²) < 4.78 is 58.0. The maximum Gasteiger partial charge on any atom is 0.411 e. The molecule has 2 aliphatic heterocycles. The quantitative estimate of drug-likeness (QED) is 0.577. The second kappa shape index (κ2) is 9.40. The topological polar surface area (TPSA) is 78.9 Å². The van der Waals surface area contributed by atoms with Crippen molar-refractivity contribution in [3.8, 4) is 0 Å². The Bertz CT molecular complexity index is 1090. The van der Waals surface area contributed by atoms with Crippen LogP contribution in [0.2, 0.25) is 0 Å². The molecule has 2 saturated heterocycles.